The van der Waals surface area contributed by atoms with E-state index in [0.717, 1.165) is 11.6 Å². The highest BCUT2D eigenvalue weighted by Crippen LogP contribution is 2.59. The third-order valence-corrected chi connectivity index (χ3v) is 3.76. The van der Waals surface area contributed by atoms with Crippen molar-refractivity contribution in [1.82, 2.24) is 0 Å². The lowest BCUT2D eigenvalue weighted by atomic mass is 10.1. The van der Waals surface area contributed by atoms with Crippen LogP contribution in [0, 0.1) is 29.6 Å². The SMILES string of the molecule is C#CC(OC(=O)C1C(C=C(C)C)C1(C)C)C(F)=CCCF. The van der Waals surface area contributed by atoms with E-state index >= 15 is 0 Å². The molecule has 4 heteroatoms. The van der Waals surface area contributed by atoms with Crippen molar-refractivity contribution in [2.75, 3.05) is 6.67 Å². The van der Waals surface area contributed by atoms with Crippen molar-refractivity contribution in [2.24, 2.45) is 17.3 Å². The molecule has 1 fully saturated rings. The zero-order valence-corrected chi connectivity index (χ0v) is 13.0. The first kappa shape index (κ1) is 17.4. The topological polar surface area (TPSA) is 26.3 Å². The second-order valence-corrected chi connectivity index (χ2v) is 6.12. The minimum Gasteiger partial charge on any atom is -0.441 e. The smallest absolute Gasteiger partial charge is 0.311 e. The van der Waals surface area contributed by atoms with Crippen LogP contribution < -0.4 is 0 Å². The molecule has 1 saturated carbocycles. The van der Waals surface area contributed by atoms with Gasteiger partial charge in [-0.1, -0.05) is 31.4 Å². The van der Waals surface area contributed by atoms with Crippen LogP contribution in [0.5, 0.6) is 0 Å². The summed E-state index contributed by atoms with van der Waals surface area (Å²) in [5.41, 5.74) is 0.901. The van der Waals surface area contributed by atoms with Crippen molar-refractivity contribution in [2.45, 2.75) is 40.2 Å². The number of hydrogen-bond acceptors (Lipinski definition) is 2. The van der Waals surface area contributed by atoms with Gasteiger partial charge in [0.25, 0.3) is 0 Å². The van der Waals surface area contributed by atoms with Crippen molar-refractivity contribution in [1.29, 1.82) is 0 Å². The molecule has 21 heavy (non-hydrogen) atoms. The Labute approximate surface area is 125 Å². The molecule has 116 valence electrons. The number of alkyl halides is 1. The standard InChI is InChI=1S/C17H22F2O2/c1-6-14(13(19)8-7-9-18)21-16(20)15-12(10-11(2)3)17(15,4)5/h1,8,10,12,14-15H,7,9H2,2-5H3. The average Bonchev–Trinajstić information content (AvgIpc) is 2.93. The molecule has 3 atom stereocenters. The molecule has 0 aromatic heterocycles. The number of hydrogen-bond donors (Lipinski definition) is 0. The van der Waals surface area contributed by atoms with Crippen LogP contribution in [-0.2, 0) is 9.53 Å². The maximum atomic E-state index is 13.7. The van der Waals surface area contributed by atoms with E-state index in [2.05, 4.69) is 5.92 Å². The molecule has 3 unspecified atom stereocenters. The molecule has 1 aliphatic carbocycles. The molecular weight excluding hydrogens is 274 g/mol. The lowest BCUT2D eigenvalue weighted by Crippen LogP contribution is -2.20. The Hall–Kier alpha value is -1.63. The monoisotopic (exact) mass is 296 g/mol. The molecule has 2 nitrogen and oxygen atoms in total. The number of terminal acetylenes is 1. The predicted molar refractivity (Wildman–Crippen MR) is 78.7 cm³/mol. The summed E-state index contributed by atoms with van der Waals surface area (Å²) in [7, 11) is 0. The summed E-state index contributed by atoms with van der Waals surface area (Å²) in [6.45, 7) is 7.16. The maximum Gasteiger partial charge on any atom is 0.311 e. The van der Waals surface area contributed by atoms with Crippen LogP contribution in [0.2, 0.25) is 0 Å². The lowest BCUT2D eigenvalue weighted by Gasteiger charge is -2.11. The number of carbonyl (C=O) groups is 1. The minimum absolute atomic E-state index is 0.0753. The first-order chi connectivity index (χ1) is 9.75. The molecule has 0 aromatic carbocycles. The fourth-order valence-electron chi connectivity index (χ4n) is 2.46. The molecule has 0 radical (unpaired) electrons. The Morgan fingerprint density at radius 2 is 2.10 bits per heavy atom. The summed E-state index contributed by atoms with van der Waals surface area (Å²) in [4.78, 5) is 12.1. The molecule has 0 heterocycles. The fourth-order valence-corrected chi connectivity index (χ4v) is 2.46. The van der Waals surface area contributed by atoms with Gasteiger partial charge in [-0.25, -0.2) is 4.39 Å². The van der Waals surface area contributed by atoms with E-state index in [1.807, 2.05) is 33.8 Å². The van der Waals surface area contributed by atoms with Crippen molar-refractivity contribution in [3.8, 4) is 12.3 Å². The van der Waals surface area contributed by atoms with E-state index in [1.54, 1.807) is 0 Å². The molecule has 0 aliphatic heterocycles. The summed E-state index contributed by atoms with van der Waals surface area (Å²) in [6, 6.07) is 0. The number of carbonyl (C=O) groups excluding carboxylic acids is 1. The highest BCUT2D eigenvalue weighted by molar-refractivity contribution is 5.79. The first-order valence-electron chi connectivity index (χ1n) is 6.98. The van der Waals surface area contributed by atoms with Gasteiger partial charge in [0.2, 0.25) is 6.10 Å². The van der Waals surface area contributed by atoms with E-state index in [4.69, 9.17) is 11.2 Å². The Kier molecular flexibility index (Phi) is 5.71. The van der Waals surface area contributed by atoms with Gasteiger partial charge in [-0.3, -0.25) is 9.18 Å². The zero-order valence-electron chi connectivity index (χ0n) is 13.0. The van der Waals surface area contributed by atoms with Gasteiger partial charge in [0.15, 0.2) is 0 Å². The quantitative estimate of drug-likeness (QED) is 0.421. The van der Waals surface area contributed by atoms with E-state index in [0.29, 0.717) is 0 Å². The number of allylic oxidation sites excluding steroid dienone is 3. The van der Waals surface area contributed by atoms with E-state index in [1.165, 1.54) is 0 Å². The molecule has 1 aliphatic rings. The third kappa shape index (κ3) is 4.17. The summed E-state index contributed by atoms with van der Waals surface area (Å²) in [5.74, 6) is 0.540. The Morgan fingerprint density at radius 3 is 2.57 bits per heavy atom. The average molecular weight is 296 g/mol. The molecule has 1 rings (SSSR count). The fraction of sp³-hybridized carbons (Fsp3) is 0.588. The summed E-state index contributed by atoms with van der Waals surface area (Å²) < 4.78 is 30.7. The van der Waals surface area contributed by atoms with Gasteiger partial charge in [0.05, 0.1) is 12.6 Å². The summed E-state index contributed by atoms with van der Waals surface area (Å²) in [5, 5.41) is 0. The minimum atomic E-state index is -1.37. The van der Waals surface area contributed by atoms with Crippen LogP contribution in [-0.4, -0.2) is 18.7 Å². The number of esters is 1. The van der Waals surface area contributed by atoms with Gasteiger partial charge >= 0.3 is 5.97 Å². The number of rotatable bonds is 6. The van der Waals surface area contributed by atoms with Crippen molar-refractivity contribution >= 4 is 5.97 Å². The molecule has 0 saturated heterocycles. The number of ether oxygens (including phenoxy) is 1. The highest BCUT2D eigenvalue weighted by atomic mass is 19.1. The molecule has 0 aromatic rings. The third-order valence-electron chi connectivity index (χ3n) is 3.76. The Morgan fingerprint density at radius 1 is 1.48 bits per heavy atom. The van der Waals surface area contributed by atoms with Crippen LogP contribution in [0.3, 0.4) is 0 Å². The first-order valence-corrected chi connectivity index (χ1v) is 6.98. The molecular formula is C17H22F2O2. The largest absolute Gasteiger partial charge is 0.441 e. The van der Waals surface area contributed by atoms with Crippen LogP contribution in [0.1, 0.15) is 34.1 Å². The van der Waals surface area contributed by atoms with Gasteiger partial charge in [0, 0.05) is 0 Å². The van der Waals surface area contributed by atoms with Gasteiger partial charge < -0.3 is 4.74 Å². The van der Waals surface area contributed by atoms with Crippen LogP contribution in [0.4, 0.5) is 8.78 Å². The van der Waals surface area contributed by atoms with E-state index in [-0.39, 0.29) is 23.7 Å². The van der Waals surface area contributed by atoms with Gasteiger partial charge in [0.1, 0.15) is 5.83 Å². The van der Waals surface area contributed by atoms with Crippen molar-refractivity contribution < 1.29 is 18.3 Å². The predicted octanol–water partition coefficient (Wildman–Crippen LogP) is 3.98. The summed E-state index contributed by atoms with van der Waals surface area (Å²) in [6.07, 6.45) is 6.77. The second-order valence-electron chi connectivity index (χ2n) is 6.12. The second kappa shape index (κ2) is 6.89. The Balaban J connectivity index is 2.73. The molecule has 0 bridgehead atoms. The van der Waals surface area contributed by atoms with Crippen LogP contribution in [0.25, 0.3) is 0 Å². The highest BCUT2D eigenvalue weighted by Gasteiger charge is 2.61. The maximum absolute atomic E-state index is 13.7. The normalized spacial score (nSPS) is 24.7. The van der Waals surface area contributed by atoms with E-state index in [9.17, 15) is 13.6 Å². The van der Waals surface area contributed by atoms with E-state index < -0.39 is 24.6 Å². The number of halogens is 2. The Bertz CT molecular complexity index is 493. The van der Waals surface area contributed by atoms with Crippen molar-refractivity contribution in [3.05, 3.63) is 23.6 Å². The van der Waals surface area contributed by atoms with Crippen molar-refractivity contribution in [3.63, 3.8) is 0 Å². The molecule has 0 spiro atoms. The summed E-state index contributed by atoms with van der Waals surface area (Å²) >= 11 is 0. The van der Waals surface area contributed by atoms with Gasteiger partial charge in [-0.15, -0.1) is 6.42 Å². The molecule has 0 N–H and O–H groups in total. The van der Waals surface area contributed by atoms with Crippen LogP contribution >= 0.6 is 0 Å². The lowest BCUT2D eigenvalue weighted by molar-refractivity contribution is -0.148. The molecule has 0 amide bonds. The zero-order chi connectivity index (χ0) is 16.2. The van der Waals surface area contributed by atoms with Crippen LogP contribution in [0.15, 0.2) is 23.6 Å². The van der Waals surface area contributed by atoms with Gasteiger partial charge in [-0.05, 0) is 37.7 Å². The van der Waals surface area contributed by atoms with Gasteiger partial charge in [-0.2, -0.15) is 0 Å².